The molecule has 1 N–H and O–H groups in total. The van der Waals surface area contributed by atoms with Crippen molar-refractivity contribution in [2.24, 2.45) is 0 Å². The van der Waals surface area contributed by atoms with Crippen LogP contribution in [0.1, 0.15) is 22.4 Å². The van der Waals surface area contributed by atoms with E-state index in [-0.39, 0.29) is 5.56 Å². The zero-order chi connectivity index (χ0) is 11.7. The van der Waals surface area contributed by atoms with Gasteiger partial charge in [-0.3, -0.25) is 0 Å². The third-order valence-corrected chi connectivity index (χ3v) is 3.16. The van der Waals surface area contributed by atoms with E-state index in [0.29, 0.717) is 5.01 Å². The summed E-state index contributed by atoms with van der Waals surface area (Å²) in [6.07, 6.45) is -1.35. The molecule has 0 saturated carbocycles. The Morgan fingerprint density at radius 1 is 1.31 bits per heavy atom. The van der Waals surface area contributed by atoms with E-state index >= 15 is 0 Å². The molecule has 1 heterocycles. The van der Waals surface area contributed by atoms with Crippen LogP contribution in [0, 0.1) is 18.6 Å². The van der Waals surface area contributed by atoms with Gasteiger partial charge in [0.2, 0.25) is 0 Å². The Balaban J connectivity index is 2.45. The normalized spacial score (nSPS) is 12.8. The first-order valence-electron chi connectivity index (χ1n) is 4.63. The number of aryl methyl sites for hydroxylation is 1. The van der Waals surface area contributed by atoms with Crippen LogP contribution >= 0.6 is 11.3 Å². The summed E-state index contributed by atoms with van der Waals surface area (Å²) in [5, 5.41) is 11.8. The van der Waals surface area contributed by atoms with Crippen LogP contribution in [-0.2, 0) is 0 Å². The van der Waals surface area contributed by atoms with Gasteiger partial charge in [0.15, 0.2) is 0 Å². The molecule has 16 heavy (non-hydrogen) atoms. The van der Waals surface area contributed by atoms with E-state index < -0.39 is 17.7 Å². The lowest BCUT2D eigenvalue weighted by Crippen LogP contribution is -2.05. The molecule has 0 amide bonds. The second kappa shape index (κ2) is 4.27. The molecule has 2 aromatic rings. The summed E-state index contributed by atoms with van der Waals surface area (Å²) in [6.45, 7) is 1.75. The fourth-order valence-electron chi connectivity index (χ4n) is 1.39. The number of halogens is 2. The maximum Gasteiger partial charge on any atom is 0.136 e. The molecule has 2 rings (SSSR count). The zero-order valence-electron chi connectivity index (χ0n) is 8.45. The second-order valence-corrected chi connectivity index (χ2v) is 4.25. The van der Waals surface area contributed by atoms with Crippen LogP contribution in [0.5, 0.6) is 0 Å². The van der Waals surface area contributed by atoms with E-state index in [2.05, 4.69) is 4.98 Å². The lowest BCUT2D eigenvalue weighted by molar-refractivity contribution is 0.208. The van der Waals surface area contributed by atoms with Crippen LogP contribution in [0.25, 0.3) is 0 Å². The van der Waals surface area contributed by atoms with E-state index in [0.717, 1.165) is 17.8 Å². The van der Waals surface area contributed by atoms with E-state index in [1.807, 2.05) is 0 Å². The lowest BCUT2D eigenvalue weighted by atomic mass is 10.1. The number of aromatic nitrogens is 1. The van der Waals surface area contributed by atoms with E-state index in [1.165, 1.54) is 17.4 Å². The van der Waals surface area contributed by atoms with Crippen molar-refractivity contribution in [3.05, 3.63) is 51.5 Å². The van der Waals surface area contributed by atoms with Crippen LogP contribution in [-0.4, -0.2) is 10.1 Å². The number of nitrogens with zero attached hydrogens (tertiary/aromatic N) is 1. The van der Waals surface area contributed by atoms with Crippen molar-refractivity contribution in [2.75, 3.05) is 0 Å². The summed E-state index contributed by atoms with van der Waals surface area (Å²) < 4.78 is 26.7. The highest BCUT2D eigenvalue weighted by atomic mass is 32.1. The monoisotopic (exact) mass is 241 g/mol. The molecule has 84 valence electrons. The topological polar surface area (TPSA) is 33.1 Å². The second-order valence-electron chi connectivity index (χ2n) is 3.36. The smallest absolute Gasteiger partial charge is 0.136 e. The Morgan fingerprint density at radius 2 is 1.94 bits per heavy atom. The summed E-state index contributed by atoms with van der Waals surface area (Å²) >= 11 is 1.18. The van der Waals surface area contributed by atoms with Crippen LogP contribution in [0.15, 0.2) is 23.6 Å². The maximum atomic E-state index is 13.4. The van der Waals surface area contributed by atoms with Crippen LogP contribution in [0.3, 0.4) is 0 Å². The van der Waals surface area contributed by atoms with Gasteiger partial charge < -0.3 is 5.11 Å². The number of aliphatic hydroxyl groups is 1. The van der Waals surface area contributed by atoms with E-state index in [9.17, 15) is 13.9 Å². The molecule has 0 fully saturated rings. The van der Waals surface area contributed by atoms with Crippen molar-refractivity contribution in [1.82, 2.24) is 4.98 Å². The number of aliphatic hydroxyl groups excluding tert-OH is 1. The van der Waals surface area contributed by atoms with Crippen LogP contribution < -0.4 is 0 Å². The molecule has 0 aliphatic rings. The molecule has 0 spiro atoms. The van der Waals surface area contributed by atoms with Gasteiger partial charge in [0.25, 0.3) is 0 Å². The molecule has 1 unspecified atom stereocenters. The van der Waals surface area contributed by atoms with Crippen molar-refractivity contribution in [3.63, 3.8) is 0 Å². The highest BCUT2D eigenvalue weighted by Crippen LogP contribution is 2.28. The summed E-state index contributed by atoms with van der Waals surface area (Å²) in [7, 11) is 0. The average molecular weight is 241 g/mol. The minimum Gasteiger partial charge on any atom is -0.381 e. The van der Waals surface area contributed by atoms with E-state index in [1.54, 1.807) is 12.3 Å². The molecule has 1 aromatic heterocycles. The quantitative estimate of drug-likeness (QED) is 0.877. The number of benzene rings is 1. The van der Waals surface area contributed by atoms with E-state index in [4.69, 9.17) is 0 Å². The SMILES string of the molecule is Cc1csc(C(O)c2c(F)cccc2F)n1. The highest BCUT2D eigenvalue weighted by Gasteiger charge is 2.21. The number of hydrogen-bond acceptors (Lipinski definition) is 3. The van der Waals surface area contributed by atoms with Crippen molar-refractivity contribution in [1.29, 1.82) is 0 Å². The van der Waals surface area contributed by atoms with Gasteiger partial charge in [-0.1, -0.05) is 6.07 Å². The standard InChI is InChI=1S/C11H9F2NOS/c1-6-5-16-11(14-6)10(15)9-7(12)3-2-4-8(9)13/h2-5,10,15H,1H3. The number of thiazole rings is 1. The summed E-state index contributed by atoms with van der Waals surface area (Å²) in [5.41, 5.74) is 0.368. The first-order chi connectivity index (χ1) is 7.59. The van der Waals surface area contributed by atoms with Crippen molar-refractivity contribution in [3.8, 4) is 0 Å². The Hall–Kier alpha value is -1.33. The molecule has 0 aliphatic heterocycles. The molecule has 0 radical (unpaired) electrons. The summed E-state index contributed by atoms with van der Waals surface area (Å²) in [6, 6.07) is 3.48. The molecular weight excluding hydrogens is 232 g/mol. The third-order valence-electron chi connectivity index (χ3n) is 2.14. The molecule has 1 atom stereocenters. The Kier molecular flexibility index (Phi) is 2.98. The minimum atomic E-state index is -1.35. The van der Waals surface area contributed by atoms with Gasteiger partial charge >= 0.3 is 0 Å². The Bertz CT molecular complexity index is 492. The maximum absolute atomic E-state index is 13.4. The van der Waals surface area contributed by atoms with Gasteiger partial charge in [0, 0.05) is 11.1 Å². The minimum absolute atomic E-state index is 0.293. The van der Waals surface area contributed by atoms with Crippen molar-refractivity contribution < 1.29 is 13.9 Å². The predicted octanol–water partition coefficient (Wildman–Crippen LogP) is 2.81. The van der Waals surface area contributed by atoms with Gasteiger partial charge in [-0.15, -0.1) is 11.3 Å². The number of rotatable bonds is 2. The summed E-state index contributed by atoms with van der Waals surface area (Å²) in [5.74, 6) is -1.53. The fraction of sp³-hybridized carbons (Fsp3) is 0.182. The van der Waals surface area contributed by atoms with Gasteiger partial charge in [-0.05, 0) is 19.1 Å². The molecule has 0 aliphatic carbocycles. The zero-order valence-corrected chi connectivity index (χ0v) is 9.26. The fourth-order valence-corrected chi connectivity index (χ4v) is 2.18. The highest BCUT2D eigenvalue weighted by molar-refractivity contribution is 7.09. The van der Waals surface area contributed by atoms with Crippen molar-refractivity contribution in [2.45, 2.75) is 13.0 Å². The Morgan fingerprint density at radius 3 is 2.44 bits per heavy atom. The Labute approximate surface area is 95.2 Å². The van der Waals surface area contributed by atoms with Crippen LogP contribution in [0.2, 0.25) is 0 Å². The van der Waals surface area contributed by atoms with Gasteiger partial charge in [-0.2, -0.15) is 0 Å². The molecule has 0 bridgehead atoms. The van der Waals surface area contributed by atoms with Crippen LogP contribution in [0.4, 0.5) is 8.78 Å². The largest absolute Gasteiger partial charge is 0.381 e. The molecular formula is C11H9F2NOS. The van der Waals surface area contributed by atoms with Gasteiger partial charge in [-0.25, -0.2) is 13.8 Å². The molecule has 5 heteroatoms. The molecule has 1 aromatic carbocycles. The first-order valence-corrected chi connectivity index (χ1v) is 5.51. The molecule has 0 saturated heterocycles. The summed E-state index contributed by atoms with van der Waals surface area (Å²) in [4.78, 5) is 4.00. The lowest BCUT2D eigenvalue weighted by Gasteiger charge is -2.09. The first kappa shape index (κ1) is 11.2. The average Bonchev–Trinajstić information content (AvgIpc) is 2.64. The van der Waals surface area contributed by atoms with Gasteiger partial charge in [0.05, 0.1) is 5.56 Å². The predicted molar refractivity (Wildman–Crippen MR) is 57.3 cm³/mol. The number of hydrogen-bond donors (Lipinski definition) is 1. The van der Waals surface area contributed by atoms with Crippen molar-refractivity contribution >= 4 is 11.3 Å². The van der Waals surface area contributed by atoms with Gasteiger partial charge in [0.1, 0.15) is 22.7 Å². The third kappa shape index (κ3) is 1.96. The molecule has 2 nitrogen and oxygen atoms in total.